The summed E-state index contributed by atoms with van der Waals surface area (Å²) in [7, 11) is 1.75. The minimum Gasteiger partial charge on any atom is -0.383 e. The van der Waals surface area contributed by atoms with Crippen LogP contribution in [-0.2, 0) is 10.2 Å². The summed E-state index contributed by atoms with van der Waals surface area (Å²) in [5.41, 5.74) is 1.76. The number of nitrogens with one attached hydrogen (secondary N) is 2. The number of hydrogen-bond acceptors (Lipinski definition) is 3. The van der Waals surface area contributed by atoms with Gasteiger partial charge < -0.3 is 15.4 Å². The van der Waals surface area contributed by atoms with Crippen molar-refractivity contribution in [1.82, 2.24) is 10.6 Å². The zero-order chi connectivity index (χ0) is 12.7. The molecule has 1 aliphatic heterocycles. The molecular weight excluding hydrogens is 224 g/mol. The van der Waals surface area contributed by atoms with Gasteiger partial charge in [-0.1, -0.05) is 30.3 Å². The van der Waals surface area contributed by atoms with E-state index < -0.39 is 0 Å². The van der Waals surface area contributed by atoms with E-state index in [9.17, 15) is 0 Å². The quantitative estimate of drug-likeness (QED) is 0.749. The molecule has 1 aromatic rings. The summed E-state index contributed by atoms with van der Waals surface area (Å²) in [5.74, 6) is 0. The standard InChI is InChI=1S/C15H24N2O/c1-18-12-11-17-13-15(7-9-16-10-8-15)14-5-3-2-4-6-14/h2-6,16-17H,7-13H2,1H3. The first-order valence-electron chi connectivity index (χ1n) is 6.83. The van der Waals surface area contributed by atoms with Crippen LogP contribution in [-0.4, -0.2) is 39.9 Å². The topological polar surface area (TPSA) is 33.3 Å². The minimum absolute atomic E-state index is 0.292. The summed E-state index contributed by atoms with van der Waals surface area (Å²) < 4.78 is 5.10. The van der Waals surface area contributed by atoms with Gasteiger partial charge in [-0.25, -0.2) is 0 Å². The molecule has 0 unspecified atom stereocenters. The van der Waals surface area contributed by atoms with Gasteiger partial charge in [0.05, 0.1) is 6.61 Å². The maximum atomic E-state index is 5.10. The maximum Gasteiger partial charge on any atom is 0.0587 e. The number of hydrogen-bond donors (Lipinski definition) is 2. The highest BCUT2D eigenvalue weighted by atomic mass is 16.5. The lowest BCUT2D eigenvalue weighted by Crippen LogP contribution is -2.46. The zero-order valence-corrected chi connectivity index (χ0v) is 11.2. The molecule has 100 valence electrons. The van der Waals surface area contributed by atoms with E-state index in [4.69, 9.17) is 4.74 Å². The molecule has 1 aromatic carbocycles. The van der Waals surface area contributed by atoms with Crippen molar-refractivity contribution in [3.63, 3.8) is 0 Å². The highest BCUT2D eigenvalue weighted by Gasteiger charge is 2.33. The molecule has 1 aliphatic rings. The van der Waals surface area contributed by atoms with Gasteiger partial charge in [0.1, 0.15) is 0 Å². The van der Waals surface area contributed by atoms with Crippen LogP contribution >= 0.6 is 0 Å². The fraction of sp³-hybridized carbons (Fsp3) is 0.600. The summed E-state index contributed by atoms with van der Waals surface area (Å²) in [6.45, 7) is 4.98. The molecule has 0 atom stereocenters. The number of ether oxygens (including phenoxy) is 1. The molecule has 1 saturated heterocycles. The van der Waals surface area contributed by atoms with Crippen molar-refractivity contribution >= 4 is 0 Å². The van der Waals surface area contributed by atoms with E-state index >= 15 is 0 Å². The Morgan fingerprint density at radius 1 is 1.22 bits per heavy atom. The highest BCUT2D eigenvalue weighted by molar-refractivity contribution is 5.27. The van der Waals surface area contributed by atoms with Crippen LogP contribution in [0.5, 0.6) is 0 Å². The molecule has 0 spiro atoms. The molecule has 1 heterocycles. The Labute approximate surface area is 110 Å². The average Bonchev–Trinajstić information content (AvgIpc) is 2.46. The van der Waals surface area contributed by atoms with Gasteiger partial charge in [-0.15, -0.1) is 0 Å². The van der Waals surface area contributed by atoms with E-state index in [1.807, 2.05) is 0 Å². The Kier molecular flexibility index (Phi) is 5.17. The van der Waals surface area contributed by atoms with Crippen LogP contribution < -0.4 is 10.6 Å². The monoisotopic (exact) mass is 248 g/mol. The number of piperidine rings is 1. The fourth-order valence-electron chi connectivity index (χ4n) is 2.77. The molecule has 2 rings (SSSR count). The minimum atomic E-state index is 0.292. The maximum absolute atomic E-state index is 5.10. The van der Waals surface area contributed by atoms with E-state index in [1.165, 1.54) is 18.4 Å². The average molecular weight is 248 g/mol. The molecule has 1 fully saturated rings. The van der Waals surface area contributed by atoms with E-state index in [-0.39, 0.29) is 0 Å². The largest absolute Gasteiger partial charge is 0.383 e. The second-order valence-electron chi connectivity index (χ2n) is 5.07. The predicted molar refractivity (Wildman–Crippen MR) is 75.0 cm³/mol. The van der Waals surface area contributed by atoms with Crippen molar-refractivity contribution in [2.45, 2.75) is 18.3 Å². The number of methoxy groups -OCH3 is 1. The van der Waals surface area contributed by atoms with E-state index in [0.717, 1.165) is 32.8 Å². The van der Waals surface area contributed by atoms with Gasteiger partial charge in [-0.3, -0.25) is 0 Å². The summed E-state index contributed by atoms with van der Waals surface area (Å²) in [5, 5.41) is 7.00. The van der Waals surface area contributed by atoms with Crippen LogP contribution in [0.2, 0.25) is 0 Å². The molecule has 2 N–H and O–H groups in total. The first-order valence-corrected chi connectivity index (χ1v) is 6.83. The molecule has 18 heavy (non-hydrogen) atoms. The number of benzene rings is 1. The highest BCUT2D eigenvalue weighted by Crippen LogP contribution is 2.32. The predicted octanol–water partition coefficient (Wildman–Crippen LogP) is 1.54. The Morgan fingerprint density at radius 2 is 1.94 bits per heavy atom. The summed E-state index contributed by atoms with van der Waals surface area (Å²) >= 11 is 0. The van der Waals surface area contributed by atoms with E-state index in [2.05, 4.69) is 41.0 Å². The Balaban J connectivity index is 2.03. The molecule has 0 aromatic heterocycles. The molecule has 3 nitrogen and oxygen atoms in total. The lowest BCUT2D eigenvalue weighted by molar-refractivity contribution is 0.193. The first-order chi connectivity index (χ1) is 8.87. The molecule has 0 amide bonds. The van der Waals surface area contributed by atoms with Gasteiger partial charge in [-0.05, 0) is 31.5 Å². The second kappa shape index (κ2) is 6.88. The van der Waals surface area contributed by atoms with Crippen molar-refractivity contribution in [3.8, 4) is 0 Å². The van der Waals surface area contributed by atoms with Crippen molar-refractivity contribution < 1.29 is 4.74 Å². The third-order valence-corrected chi connectivity index (χ3v) is 3.89. The molecule has 0 radical (unpaired) electrons. The van der Waals surface area contributed by atoms with Crippen LogP contribution in [0.3, 0.4) is 0 Å². The Hall–Kier alpha value is -0.900. The second-order valence-corrected chi connectivity index (χ2v) is 5.07. The normalized spacial score (nSPS) is 18.7. The van der Waals surface area contributed by atoms with Gasteiger partial charge >= 0.3 is 0 Å². The SMILES string of the molecule is COCCNCC1(c2ccccc2)CCNCC1. The zero-order valence-electron chi connectivity index (χ0n) is 11.2. The summed E-state index contributed by atoms with van der Waals surface area (Å²) in [6.07, 6.45) is 2.41. The van der Waals surface area contributed by atoms with Gasteiger partial charge in [0.25, 0.3) is 0 Å². The Morgan fingerprint density at radius 3 is 2.61 bits per heavy atom. The van der Waals surface area contributed by atoms with Crippen molar-refractivity contribution in [3.05, 3.63) is 35.9 Å². The van der Waals surface area contributed by atoms with E-state index in [0.29, 0.717) is 5.41 Å². The van der Waals surface area contributed by atoms with Crippen molar-refractivity contribution in [2.75, 3.05) is 39.9 Å². The van der Waals surface area contributed by atoms with Crippen LogP contribution in [0.4, 0.5) is 0 Å². The summed E-state index contributed by atoms with van der Waals surface area (Å²) in [4.78, 5) is 0. The summed E-state index contributed by atoms with van der Waals surface area (Å²) in [6, 6.07) is 10.9. The molecule has 0 bridgehead atoms. The lowest BCUT2D eigenvalue weighted by Gasteiger charge is -2.38. The van der Waals surface area contributed by atoms with Gasteiger partial charge in [0, 0.05) is 25.6 Å². The van der Waals surface area contributed by atoms with Crippen LogP contribution in [0, 0.1) is 0 Å². The fourth-order valence-corrected chi connectivity index (χ4v) is 2.77. The van der Waals surface area contributed by atoms with Gasteiger partial charge in [0.2, 0.25) is 0 Å². The third kappa shape index (κ3) is 3.31. The van der Waals surface area contributed by atoms with Gasteiger partial charge in [-0.2, -0.15) is 0 Å². The molecule has 0 saturated carbocycles. The number of rotatable bonds is 6. The molecular formula is C15H24N2O. The first kappa shape index (κ1) is 13.5. The van der Waals surface area contributed by atoms with E-state index in [1.54, 1.807) is 7.11 Å². The van der Waals surface area contributed by atoms with Crippen LogP contribution in [0.15, 0.2) is 30.3 Å². The van der Waals surface area contributed by atoms with Crippen LogP contribution in [0.25, 0.3) is 0 Å². The van der Waals surface area contributed by atoms with Crippen LogP contribution in [0.1, 0.15) is 18.4 Å². The molecule has 3 heteroatoms. The molecule has 0 aliphatic carbocycles. The van der Waals surface area contributed by atoms with Crippen molar-refractivity contribution in [2.24, 2.45) is 0 Å². The van der Waals surface area contributed by atoms with Crippen molar-refractivity contribution in [1.29, 1.82) is 0 Å². The third-order valence-electron chi connectivity index (χ3n) is 3.89. The van der Waals surface area contributed by atoms with Gasteiger partial charge in [0.15, 0.2) is 0 Å². The smallest absolute Gasteiger partial charge is 0.0587 e. The lowest BCUT2D eigenvalue weighted by atomic mass is 9.73. The Bertz CT molecular complexity index is 334.